The van der Waals surface area contributed by atoms with E-state index >= 15 is 0 Å². The van der Waals surface area contributed by atoms with E-state index < -0.39 is 0 Å². The quantitative estimate of drug-likeness (QED) is 0.500. The summed E-state index contributed by atoms with van der Waals surface area (Å²) in [6, 6.07) is 16.5. The lowest BCUT2D eigenvalue weighted by atomic mass is 10.2. The van der Waals surface area contributed by atoms with Gasteiger partial charge in [-0.15, -0.1) is 10.2 Å². The van der Waals surface area contributed by atoms with E-state index in [1.807, 2.05) is 30.3 Å². The number of Topliss-reactive ketones (excluding diaryl/α,β-unsaturated/α-hetero) is 1. The number of nitrogens with zero attached hydrogens (tertiary/aromatic N) is 2. The molecule has 0 bridgehead atoms. The van der Waals surface area contributed by atoms with Gasteiger partial charge in [0.15, 0.2) is 5.78 Å². The third-order valence-electron chi connectivity index (χ3n) is 3.16. The minimum absolute atomic E-state index is 0.0274. The van der Waals surface area contributed by atoms with Crippen LogP contribution in [0, 0.1) is 0 Å². The molecule has 0 atom stereocenters. The van der Waals surface area contributed by atoms with Gasteiger partial charge in [-0.1, -0.05) is 53.7 Å². The number of carbonyl (C=O) groups is 1. The second kappa shape index (κ2) is 7.99. The van der Waals surface area contributed by atoms with E-state index in [1.165, 1.54) is 11.8 Å². The first-order chi connectivity index (χ1) is 11.7. The molecule has 1 heterocycles. The molecule has 0 amide bonds. The molecule has 0 aliphatic rings. The molecular formula is C17H14ClN3O2S. The molecule has 0 spiro atoms. The number of carbonyl (C=O) groups excluding carboxylic acids is 1. The zero-order valence-electron chi connectivity index (χ0n) is 12.6. The molecule has 0 aliphatic carbocycles. The van der Waals surface area contributed by atoms with Crippen molar-refractivity contribution in [2.75, 3.05) is 11.1 Å². The van der Waals surface area contributed by atoms with Gasteiger partial charge in [-0.25, -0.2) is 0 Å². The highest BCUT2D eigenvalue weighted by molar-refractivity contribution is 7.99. The van der Waals surface area contributed by atoms with E-state index in [9.17, 15) is 4.79 Å². The molecule has 122 valence electrons. The summed E-state index contributed by atoms with van der Waals surface area (Å²) in [5.74, 6) is 0.746. The van der Waals surface area contributed by atoms with Crippen LogP contribution in [-0.4, -0.2) is 21.7 Å². The van der Waals surface area contributed by atoms with Gasteiger partial charge in [-0.05, 0) is 24.3 Å². The Kier molecular flexibility index (Phi) is 5.51. The zero-order valence-corrected chi connectivity index (χ0v) is 14.2. The van der Waals surface area contributed by atoms with Gasteiger partial charge >= 0.3 is 0 Å². The van der Waals surface area contributed by atoms with Crippen LogP contribution in [0.3, 0.4) is 0 Å². The number of hydrogen-bond donors (Lipinski definition) is 1. The predicted octanol–water partition coefficient (Wildman–Crippen LogP) is 4.31. The van der Waals surface area contributed by atoms with E-state index in [4.69, 9.17) is 16.0 Å². The Bertz CT molecular complexity index is 806. The number of hydrogen-bond acceptors (Lipinski definition) is 6. The topological polar surface area (TPSA) is 68.0 Å². The Morgan fingerprint density at radius 1 is 1.08 bits per heavy atom. The third-order valence-corrected chi connectivity index (χ3v) is 4.23. The summed E-state index contributed by atoms with van der Waals surface area (Å²) in [6.07, 6.45) is 0. The summed E-state index contributed by atoms with van der Waals surface area (Å²) < 4.78 is 5.52. The van der Waals surface area contributed by atoms with Gasteiger partial charge in [0.25, 0.3) is 5.22 Å². The van der Waals surface area contributed by atoms with Gasteiger partial charge in [-0.2, -0.15) is 0 Å². The summed E-state index contributed by atoms with van der Waals surface area (Å²) in [4.78, 5) is 12.0. The molecule has 0 radical (unpaired) electrons. The van der Waals surface area contributed by atoms with Crippen LogP contribution in [0.4, 0.5) is 5.69 Å². The van der Waals surface area contributed by atoms with Crippen LogP contribution in [0.25, 0.3) is 0 Å². The SMILES string of the molecule is O=C(CSc1nnc(CNc2ccc(Cl)cc2)o1)c1ccccc1. The summed E-state index contributed by atoms with van der Waals surface area (Å²) in [6.45, 7) is 0.405. The number of anilines is 1. The van der Waals surface area contributed by atoms with Crippen LogP contribution in [0.5, 0.6) is 0 Å². The standard InChI is InChI=1S/C17H14ClN3O2S/c18-13-6-8-14(9-7-13)19-10-16-20-21-17(23-16)24-11-15(22)12-4-2-1-3-5-12/h1-9,19H,10-11H2. The lowest BCUT2D eigenvalue weighted by Gasteiger charge is -2.02. The van der Waals surface area contributed by atoms with E-state index in [2.05, 4.69) is 15.5 Å². The molecule has 2 aromatic carbocycles. The maximum absolute atomic E-state index is 12.0. The first-order valence-corrected chi connectivity index (χ1v) is 8.60. The van der Waals surface area contributed by atoms with Crippen LogP contribution in [-0.2, 0) is 6.54 Å². The fourth-order valence-corrected chi connectivity index (χ4v) is 2.75. The molecule has 7 heteroatoms. The minimum Gasteiger partial charge on any atom is -0.414 e. The summed E-state index contributed by atoms with van der Waals surface area (Å²) in [5, 5.41) is 12.1. The monoisotopic (exact) mass is 359 g/mol. The molecule has 0 saturated carbocycles. The van der Waals surface area contributed by atoms with Crippen molar-refractivity contribution in [3.63, 3.8) is 0 Å². The van der Waals surface area contributed by atoms with Crippen molar-refractivity contribution in [1.82, 2.24) is 10.2 Å². The zero-order chi connectivity index (χ0) is 16.8. The fraction of sp³-hybridized carbons (Fsp3) is 0.118. The van der Waals surface area contributed by atoms with Crippen molar-refractivity contribution < 1.29 is 9.21 Å². The van der Waals surface area contributed by atoms with Crippen LogP contribution >= 0.6 is 23.4 Å². The molecule has 0 fully saturated rings. The number of ketones is 1. The Morgan fingerprint density at radius 2 is 1.83 bits per heavy atom. The first kappa shape index (κ1) is 16.5. The van der Waals surface area contributed by atoms with Gasteiger partial charge in [0.05, 0.1) is 12.3 Å². The summed E-state index contributed by atoms with van der Waals surface area (Å²) in [5.41, 5.74) is 1.58. The maximum Gasteiger partial charge on any atom is 0.277 e. The second-order valence-electron chi connectivity index (χ2n) is 4.90. The largest absolute Gasteiger partial charge is 0.414 e. The predicted molar refractivity (Wildman–Crippen MR) is 94.6 cm³/mol. The molecule has 5 nitrogen and oxygen atoms in total. The Labute approximate surface area is 148 Å². The minimum atomic E-state index is 0.0274. The Balaban J connectivity index is 1.50. The van der Waals surface area contributed by atoms with Crippen LogP contribution in [0.2, 0.25) is 5.02 Å². The molecule has 24 heavy (non-hydrogen) atoms. The number of aromatic nitrogens is 2. The Hall–Kier alpha value is -2.31. The van der Waals surface area contributed by atoms with E-state index in [0.717, 1.165) is 5.69 Å². The molecular weight excluding hydrogens is 346 g/mol. The molecule has 3 rings (SSSR count). The second-order valence-corrected chi connectivity index (χ2v) is 6.26. The van der Waals surface area contributed by atoms with Crippen LogP contribution in [0.15, 0.2) is 64.2 Å². The lowest BCUT2D eigenvalue weighted by molar-refractivity contribution is 0.102. The van der Waals surface area contributed by atoms with Gasteiger partial charge in [0.2, 0.25) is 5.89 Å². The van der Waals surface area contributed by atoms with Crippen molar-refractivity contribution in [2.24, 2.45) is 0 Å². The molecule has 0 aliphatic heterocycles. The first-order valence-electron chi connectivity index (χ1n) is 7.23. The average molecular weight is 360 g/mol. The number of halogens is 1. The lowest BCUT2D eigenvalue weighted by Crippen LogP contribution is -2.01. The van der Waals surface area contributed by atoms with E-state index in [-0.39, 0.29) is 11.5 Å². The smallest absolute Gasteiger partial charge is 0.277 e. The van der Waals surface area contributed by atoms with Crippen LogP contribution in [0.1, 0.15) is 16.2 Å². The van der Waals surface area contributed by atoms with Crippen molar-refractivity contribution in [3.05, 3.63) is 71.1 Å². The number of rotatable bonds is 7. The van der Waals surface area contributed by atoms with Crippen molar-refractivity contribution in [2.45, 2.75) is 11.8 Å². The molecule has 1 N–H and O–H groups in total. The molecule has 1 aromatic heterocycles. The van der Waals surface area contributed by atoms with Gasteiger partial charge in [0, 0.05) is 16.3 Å². The summed E-state index contributed by atoms with van der Waals surface area (Å²) >= 11 is 7.07. The molecule has 0 unspecified atom stereocenters. The maximum atomic E-state index is 12.0. The highest BCUT2D eigenvalue weighted by Gasteiger charge is 2.11. The summed E-state index contributed by atoms with van der Waals surface area (Å²) in [7, 11) is 0. The van der Waals surface area contributed by atoms with Gasteiger partial charge in [-0.3, -0.25) is 4.79 Å². The Morgan fingerprint density at radius 3 is 2.58 bits per heavy atom. The highest BCUT2D eigenvalue weighted by Crippen LogP contribution is 2.19. The van der Waals surface area contributed by atoms with Gasteiger partial charge in [0.1, 0.15) is 0 Å². The van der Waals surface area contributed by atoms with E-state index in [0.29, 0.717) is 28.2 Å². The molecule has 3 aromatic rings. The number of thioether (sulfide) groups is 1. The molecule has 0 saturated heterocycles. The van der Waals surface area contributed by atoms with Crippen molar-refractivity contribution in [1.29, 1.82) is 0 Å². The number of nitrogens with one attached hydrogen (secondary N) is 1. The fourth-order valence-electron chi connectivity index (χ4n) is 1.95. The normalized spacial score (nSPS) is 10.5. The average Bonchev–Trinajstić information content (AvgIpc) is 3.08. The van der Waals surface area contributed by atoms with Crippen LogP contribution < -0.4 is 5.32 Å². The van der Waals surface area contributed by atoms with E-state index in [1.54, 1.807) is 24.3 Å². The van der Waals surface area contributed by atoms with Crippen molar-refractivity contribution >= 4 is 34.8 Å². The van der Waals surface area contributed by atoms with Crippen molar-refractivity contribution in [3.8, 4) is 0 Å². The third kappa shape index (κ3) is 4.59. The highest BCUT2D eigenvalue weighted by atomic mass is 35.5. The van der Waals surface area contributed by atoms with Gasteiger partial charge < -0.3 is 9.73 Å². The number of benzene rings is 2.